The van der Waals surface area contributed by atoms with Crippen LogP contribution in [0.25, 0.3) is 0 Å². The van der Waals surface area contributed by atoms with Crippen molar-refractivity contribution in [3.05, 3.63) is 29.8 Å². The first-order valence-corrected chi connectivity index (χ1v) is 5.27. The number of hydrogen-bond donors (Lipinski definition) is 2. The van der Waals surface area contributed by atoms with Gasteiger partial charge in [0.05, 0.1) is 6.10 Å². The predicted octanol–water partition coefficient (Wildman–Crippen LogP) is 1.81. The molecule has 0 saturated heterocycles. The summed E-state index contributed by atoms with van der Waals surface area (Å²) in [5.41, 5.74) is 6.46. The van der Waals surface area contributed by atoms with Gasteiger partial charge in [-0.15, -0.1) is 0 Å². The van der Waals surface area contributed by atoms with E-state index < -0.39 is 0 Å². The molecule has 3 nitrogen and oxygen atoms in total. The van der Waals surface area contributed by atoms with E-state index in [1.165, 1.54) is 0 Å². The van der Waals surface area contributed by atoms with Crippen LogP contribution in [-0.4, -0.2) is 11.2 Å². The van der Waals surface area contributed by atoms with Gasteiger partial charge < -0.3 is 15.8 Å². The number of nitrogens with one attached hydrogen (secondary N) is 1. The first-order chi connectivity index (χ1) is 7.08. The quantitative estimate of drug-likeness (QED) is 0.766. The van der Waals surface area contributed by atoms with Crippen molar-refractivity contribution in [2.75, 3.05) is 0 Å². The molecule has 0 aliphatic rings. The largest absolute Gasteiger partial charge is 0.491 e. The number of thiocarbonyl (C=S) groups is 1. The lowest BCUT2D eigenvalue weighted by Gasteiger charge is -2.10. The summed E-state index contributed by atoms with van der Waals surface area (Å²) in [6, 6.07) is 7.86. The molecule has 0 radical (unpaired) electrons. The molecule has 0 amide bonds. The van der Waals surface area contributed by atoms with Crippen LogP contribution in [0.1, 0.15) is 19.4 Å². The van der Waals surface area contributed by atoms with Crippen LogP contribution < -0.4 is 15.8 Å². The van der Waals surface area contributed by atoms with Gasteiger partial charge in [0.2, 0.25) is 0 Å². The molecule has 82 valence electrons. The zero-order valence-electron chi connectivity index (χ0n) is 8.99. The standard InChI is InChI=1S/C11H16N2OS/c1-8(2)14-10-5-3-9(4-6-10)7-13-11(12)15/h3-6,8H,7H2,1-2H3,(H3,12,13,15). The summed E-state index contributed by atoms with van der Waals surface area (Å²) in [4.78, 5) is 0. The van der Waals surface area contributed by atoms with Crippen LogP contribution in [0.3, 0.4) is 0 Å². The second-order valence-corrected chi connectivity index (χ2v) is 3.97. The molecule has 4 heteroatoms. The molecule has 3 N–H and O–H groups in total. The molecule has 0 spiro atoms. The van der Waals surface area contributed by atoms with Gasteiger partial charge in [-0.2, -0.15) is 0 Å². The van der Waals surface area contributed by atoms with E-state index in [0.717, 1.165) is 11.3 Å². The molecule has 1 aromatic rings. The van der Waals surface area contributed by atoms with Crippen LogP contribution in [-0.2, 0) is 6.54 Å². The number of hydrogen-bond acceptors (Lipinski definition) is 2. The van der Waals surface area contributed by atoms with Crippen molar-refractivity contribution in [1.29, 1.82) is 0 Å². The van der Waals surface area contributed by atoms with Crippen molar-refractivity contribution in [1.82, 2.24) is 5.32 Å². The Morgan fingerprint density at radius 3 is 2.47 bits per heavy atom. The third-order valence-corrected chi connectivity index (χ3v) is 1.91. The molecular formula is C11H16N2OS. The minimum absolute atomic E-state index is 0.200. The lowest BCUT2D eigenvalue weighted by molar-refractivity contribution is 0.242. The van der Waals surface area contributed by atoms with Crippen molar-refractivity contribution in [3.8, 4) is 5.75 Å². The van der Waals surface area contributed by atoms with E-state index in [-0.39, 0.29) is 6.10 Å². The first kappa shape index (κ1) is 11.8. The monoisotopic (exact) mass is 224 g/mol. The minimum atomic E-state index is 0.200. The Balaban J connectivity index is 2.52. The molecule has 1 aromatic carbocycles. The van der Waals surface area contributed by atoms with Crippen molar-refractivity contribution >= 4 is 17.3 Å². The molecular weight excluding hydrogens is 208 g/mol. The zero-order chi connectivity index (χ0) is 11.3. The Hall–Kier alpha value is -1.29. The molecule has 15 heavy (non-hydrogen) atoms. The van der Waals surface area contributed by atoms with E-state index in [1.807, 2.05) is 38.1 Å². The van der Waals surface area contributed by atoms with Crippen LogP contribution >= 0.6 is 12.2 Å². The van der Waals surface area contributed by atoms with E-state index in [0.29, 0.717) is 11.7 Å². The highest BCUT2D eigenvalue weighted by Gasteiger charge is 1.98. The summed E-state index contributed by atoms with van der Waals surface area (Å²) in [6.45, 7) is 4.65. The van der Waals surface area contributed by atoms with Gasteiger partial charge >= 0.3 is 0 Å². The predicted molar refractivity (Wildman–Crippen MR) is 65.8 cm³/mol. The van der Waals surface area contributed by atoms with Gasteiger partial charge in [0.1, 0.15) is 5.75 Å². The third kappa shape index (κ3) is 4.65. The fourth-order valence-electron chi connectivity index (χ4n) is 1.15. The molecule has 0 atom stereocenters. The van der Waals surface area contributed by atoms with E-state index in [2.05, 4.69) is 5.32 Å². The van der Waals surface area contributed by atoms with E-state index in [9.17, 15) is 0 Å². The van der Waals surface area contributed by atoms with Crippen molar-refractivity contribution in [2.45, 2.75) is 26.5 Å². The first-order valence-electron chi connectivity index (χ1n) is 4.87. The molecule has 0 unspecified atom stereocenters. The van der Waals surface area contributed by atoms with Crippen LogP contribution in [0.4, 0.5) is 0 Å². The fraction of sp³-hybridized carbons (Fsp3) is 0.364. The maximum absolute atomic E-state index is 5.52. The molecule has 0 heterocycles. The normalized spacial score (nSPS) is 10.1. The van der Waals surface area contributed by atoms with Crippen LogP contribution in [0.2, 0.25) is 0 Å². The Morgan fingerprint density at radius 2 is 2.00 bits per heavy atom. The lowest BCUT2D eigenvalue weighted by atomic mass is 10.2. The summed E-state index contributed by atoms with van der Waals surface area (Å²) >= 11 is 4.72. The SMILES string of the molecule is CC(C)Oc1ccc(CNC(N)=S)cc1. The summed E-state index contributed by atoms with van der Waals surface area (Å²) in [5.74, 6) is 0.879. The van der Waals surface area contributed by atoms with Gasteiger partial charge in [0.25, 0.3) is 0 Å². The summed E-state index contributed by atoms with van der Waals surface area (Å²) in [5, 5.41) is 3.21. The molecule has 0 aromatic heterocycles. The maximum atomic E-state index is 5.52. The zero-order valence-corrected chi connectivity index (χ0v) is 9.80. The molecule has 0 fully saturated rings. The van der Waals surface area contributed by atoms with Gasteiger partial charge in [-0.3, -0.25) is 0 Å². The van der Waals surface area contributed by atoms with E-state index in [4.69, 9.17) is 22.7 Å². The fourth-order valence-corrected chi connectivity index (χ4v) is 1.22. The smallest absolute Gasteiger partial charge is 0.163 e. The maximum Gasteiger partial charge on any atom is 0.163 e. The second-order valence-electron chi connectivity index (χ2n) is 3.53. The Kier molecular flexibility index (Phi) is 4.37. The average molecular weight is 224 g/mol. The van der Waals surface area contributed by atoms with Crippen molar-refractivity contribution in [3.63, 3.8) is 0 Å². The highest BCUT2D eigenvalue weighted by atomic mass is 32.1. The van der Waals surface area contributed by atoms with E-state index >= 15 is 0 Å². The molecule has 0 saturated carbocycles. The minimum Gasteiger partial charge on any atom is -0.491 e. The summed E-state index contributed by atoms with van der Waals surface area (Å²) < 4.78 is 5.52. The number of benzene rings is 1. The topological polar surface area (TPSA) is 47.3 Å². The molecule has 0 aliphatic carbocycles. The number of nitrogens with two attached hydrogens (primary N) is 1. The Morgan fingerprint density at radius 1 is 1.40 bits per heavy atom. The number of ether oxygens (including phenoxy) is 1. The Bertz CT molecular complexity index is 322. The van der Waals surface area contributed by atoms with Gasteiger partial charge in [0, 0.05) is 6.54 Å². The van der Waals surface area contributed by atoms with Gasteiger partial charge in [0.15, 0.2) is 5.11 Å². The van der Waals surface area contributed by atoms with Crippen LogP contribution in [0.15, 0.2) is 24.3 Å². The van der Waals surface area contributed by atoms with Crippen LogP contribution in [0, 0.1) is 0 Å². The second kappa shape index (κ2) is 5.56. The van der Waals surface area contributed by atoms with Crippen LogP contribution in [0.5, 0.6) is 5.75 Å². The van der Waals surface area contributed by atoms with Gasteiger partial charge in [-0.1, -0.05) is 12.1 Å². The highest BCUT2D eigenvalue weighted by Crippen LogP contribution is 2.13. The molecule has 0 aliphatic heterocycles. The molecule has 0 bridgehead atoms. The third-order valence-electron chi connectivity index (χ3n) is 1.76. The molecule has 1 rings (SSSR count). The highest BCUT2D eigenvalue weighted by molar-refractivity contribution is 7.80. The van der Waals surface area contributed by atoms with E-state index in [1.54, 1.807) is 0 Å². The lowest BCUT2D eigenvalue weighted by Crippen LogP contribution is -2.28. The van der Waals surface area contributed by atoms with Crippen molar-refractivity contribution in [2.24, 2.45) is 5.73 Å². The summed E-state index contributed by atoms with van der Waals surface area (Å²) in [6.07, 6.45) is 0.200. The number of rotatable bonds is 4. The Labute approximate surface area is 95.6 Å². The van der Waals surface area contributed by atoms with Crippen molar-refractivity contribution < 1.29 is 4.74 Å². The summed E-state index contributed by atoms with van der Waals surface area (Å²) in [7, 11) is 0. The average Bonchev–Trinajstić information content (AvgIpc) is 2.16. The van der Waals surface area contributed by atoms with Gasteiger partial charge in [-0.05, 0) is 43.8 Å². The van der Waals surface area contributed by atoms with Gasteiger partial charge in [-0.25, -0.2) is 0 Å².